The van der Waals surface area contributed by atoms with Gasteiger partial charge in [-0.2, -0.15) is 0 Å². The normalized spacial score (nSPS) is 17.7. The van der Waals surface area contributed by atoms with Crippen LogP contribution in [0.5, 0.6) is 0 Å². The minimum absolute atomic E-state index is 0.546. The van der Waals surface area contributed by atoms with Crippen molar-refractivity contribution in [3.8, 4) is 0 Å². The van der Waals surface area contributed by atoms with Crippen LogP contribution in [0.3, 0.4) is 0 Å². The molecule has 1 aliphatic heterocycles. The molecule has 0 amide bonds. The van der Waals surface area contributed by atoms with Gasteiger partial charge in [0.25, 0.3) is 0 Å². The summed E-state index contributed by atoms with van der Waals surface area (Å²) in [7, 11) is 0. The van der Waals surface area contributed by atoms with Gasteiger partial charge in [-0.05, 0) is 30.5 Å². The van der Waals surface area contributed by atoms with E-state index in [2.05, 4.69) is 16.7 Å². The van der Waals surface area contributed by atoms with Crippen LogP contribution in [0.1, 0.15) is 30.0 Å². The topological polar surface area (TPSA) is 52.5 Å². The predicted octanol–water partition coefficient (Wildman–Crippen LogP) is 1.69. The molecule has 0 radical (unpaired) electrons. The fraction of sp³-hybridized carbons (Fsp3) is 0.462. The number of fused-ring (bicyclic) bond motifs is 1. The number of rotatable bonds is 2. The number of pyridine rings is 1. The first-order valence-corrected chi connectivity index (χ1v) is 6.12. The van der Waals surface area contributed by atoms with Crippen LogP contribution in [0, 0.1) is 0 Å². The first kappa shape index (κ1) is 10.7. The largest absolute Gasteiger partial charge is 0.381 e. The molecule has 1 fully saturated rings. The van der Waals surface area contributed by atoms with Crippen molar-refractivity contribution in [2.75, 3.05) is 13.2 Å². The number of aromatic nitrogens is 2. The van der Waals surface area contributed by atoms with E-state index in [1.54, 1.807) is 0 Å². The van der Waals surface area contributed by atoms with Gasteiger partial charge in [0.05, 0.1) is 5.69 Å². The first-order chi connectivity index (χ1) is 8.36. The van der Waals surface area contributed by atoms with Gasteiger partial charge in [0.15, 0.2) is 0 Å². The monoisotopic (exact) mass is 231 g/mol. The maximum Gasteiger partial charge on any atom is 0.137 e. The van der Waals surface area contributed by atoms with Crippen molar-refractivity contribution in [2.24, 2.45) is 5.73 Å². The molecule has 90 valence electrons. The Hall–Kier alpha value is -1.39. The van der Waals surface area contributed by atoms with Crippen LogP contribution in [0.2, 0.25) is 0 Å². The second-order valence-corrected chi connectivity index (χ2v) is 4.56. The van der Waals surface area contributed by atoms with Gasteiger partial charge in [0, 0.05) is 38.1 Å². The average molecular weight is 231 g/mol. The summed E-state index contributed by atoms with van der Waals surface area (Å²) in [5.74, 6) is 0.546. The fourth-order valence-corrected chi connectivity index (χ4v) is 2.36. The summed E-state index contributed by atoms with van der Waals surface area (Å²) in [4.78, 5) is 4.70. The van der Waals surface area contributed by atoms with E-state index >= 15 is 0 Å². The number of imidazole rings is 1. The second kappa shape index (κ2) is 4.47. The van der Waals surface area contributed by atoms with Crippen LogP contribution >= 0.6 is 0 Å². The molecule has 0 unspecified atom stereocenters. The summed E-state index contributed by atoms with van der Waals surface area (Å²) in [5, 5.41) is 0. The average Bonchev–Trinajstić information content (AvgIpc) is 2.82. The third-order valence-electron chi connectivity index (χ3n) is 3.42. The van der Waals surface area contributed by atoms with E-state index < -0.39 is 0 Å². The fourth-order valence-electron chi connectivity index (χ4n) is 2.36. The van der Waals surface area contributed by atoms with Gasteiger partial charge >= 0.3 is 0 Å². The Balaban J connectivity index is 1.95. The lowest BCUT2D eigenvalue weighted by Gasteiger charge is -2.19. The van der Waals surface area contributed by atoms with Gasteiger partial charge in [-0.1, -0.05) is 0 Å². The summed E-state index contributed by atoms with van der Waals surface area (Å²) in [6.45, 7) is 2.27. The Bertz CT molecular complexity index is 514. The van der Waals surface area contributed by atoms with Crippen molar-refractivity contribution < 1.29 is 4.74 Å². The highest BCUT2D eigenvalue weighted by molar-refractivity contribution is 5.43. The molecular weight excluding hydrogens is 214 g/mol. The third-order valence-corrected chi connectivity index (χ3v) is 3.42. The van der Waals surface area contributed by atoms with E-state index in [1.807, 2.05) is 12.3 Å². The molecule has 3 heterocycles. The minimum atomic E-state index is 0.546. The van der Waals surface area contributed by atoms with Gasteiger partial charge < -0.3 is 14.9 Å². The number of ether oxygens (including phenoxy) is 1. The number of hydrogen-bond acceptors (Lipinski definition) is 3. The Morgan fingerprint density at radius 3 is 3.00 bits per heavy atom. The molecule has 2 aromatic heterocycles. The Morgan fingerprint density at radius 1 is 1.41 bits per heavy atom. The summed E-state index contributed by atoms with van der Waals surface area (Å²) in [5.41, 5.74) is 8.94. The molecule has 0 bridgehead atoms. The van der Waals surface area contributed by atoms with E-state index in [1.165, 1.54) is 5.69 Å². The van der Waals surface area contributed by atoms with Crippen LogP contribution in [0.15, 0.2) is 24.5 Å². The molecule has 2 aromatic rings. The molecule has 17 heavy (non-hydrogen) atoms. The van der Waals surface area contributed by atoms with E-state index in [9.17, 15) is 0 Å². The summed E-state index contributed by atoms with van der Waals surface area (Å²) in [6, 6.07) is 4.10. The summed E-state index contributed by atoms with van der Waals surface area (Å²) < 4.78 is 7.45. The molecule has 1 saturated heterocycles. The SMILES string of the molecule is NCc1ccn2cc(C3CCOCC3)nc2c1. The maximum atomic E-state index is 5.64. The van der Waals surface area contributed by atoms with E-state index in [0.29, 0.717) is 12.5 Å². The van der Waals surface area contributed by atoms with Crippen LogP contribution < -0.4 is 5.73 Å². The minimum Gasteiger partial charge on any atom is -0.381 e. The smallest absolute Gasteiger partial charge is 0.137 e. The molecule has 0 saturated carbocycles. The maximum absolute atomic E-state index is 5.64. The molecule has 0 aromatic carbocycles. The predicted molar refractivity (Wildman–Crippen MR) is 65.9 cm³/mol. The molecule has 0 aliphatic carbocycles. The lowest BCUT2D eigenvalue weighted by molar-refractivity contribution is 0.0846. The van der Waals surface area contributed by atoms with E-state index in [-0.39, 0.29) is 0 Å². The van der Waals surface area contributed by atoms with Crippen LogP contribution in [-0.2, 0) is 11.3 Å². The first-order valence-electron chi connectivity index (χ1n) is 6.12. The van der Waals surface area contributed by atoms with Crippen LogP contribution in [-0.4, -0.2) is 22.6 Å². The third kappa shape index (κ3) is 2.06. The van der Waals surface area contributed by atoms with Crippen LogP contribution in [0.25, 0.3) is 5.65 Å². The zero-order valence-corrected chi connectivity index (χ0v) is 9.80. The van der Waals surface area contributed by atoms with Crippen molar-refractivity contribution in [3.05, 3.63) is 35.8 Å². The van der Waals surface area contributed by atoms with Crippen molar-refractivity contribution in [3.63, 3.8) is 0 Å². The number of nitrogens with zero attached hydrogens (tertiary/aromatic N) is 2. The lowest BCUT2D eigenvalue weighted by Crippen LogP contribution is -2.14. The zero-order valence-electron chi connectivity index (χ0n) is 9.80. The molecule has 3 rings (SSSR count). The molecule has 4 nitrogen and oxygen atoms in total. The lowest BCUT2D eigenvalue weighted by atomic mass is 9.97. The van der Waals surface area contributed by atoms with E-state index in [4.69, 9.17) is 15.5 Å². The van der Waals surface area contributed by atoms with Gasteiger partial charge in [0.1, 0.15) is 5.65 Å². The van der Waals surface area contributed by atoms with Crippen molar-refractivity contribution in [2.45, 2.75) is 25.3 Å². The number of nitrogens with two attached hydrogens (primary N) is 1. The Morgan fingerprint density at radius 2 is 2.24 bits per heavy atom. The second-order valence-electron chi connectivity index (χ2n) is 4.56. The molecule has 0 atom stereocenters. The molecule has 4 heteroatoms. The summed E-state index contributed by atoms with van der Waals surface area (Å²) >= 11 is 0. The van der Waals surface area contributed by atoms with Gasteiger partial charge in [-0.25, -0.2) is 4.98 Å². The number of hydrogen-bond donors (Lipinski definition) is 1. The van der Waals surface area contributed by atoms with Crippen molar-refractivity contribution in [1.29, 1.82) is 0 Å². The van der Waals surface area contributed by atoms with Crippen molar-refractivity contribution in [1.82, 2.24) is 9.38 Å². The quantitative estimate of drug-likeness (QED) is 0.855. The van der Waals surface area contributed by atoms with Crippen molar-refractivity contribution >= 4 is 5.65 Å². The van der Waals surface area contributed by atoms with Gasteiger partial charge in [-0.3, -0.25) is 0 Å². The molecule has 1 aliphatic rings. The molecular formula is C13H17N3O. The standard InChI is InChI=1S/C13H17N3O/c14-8-10-1-4-16-9-12(15-13(16)7-10)11-2-5-17-6-3-11/h1,4,7,9,11H,2-3,5-6,8,14H2. The van der Waals surface area contributed by atoms with Crippen LogP contribution in [0.4, 0.5) is 0 Å². The van der Waals surface area contributed by atoms with Gasteiger partial charge in [-0.15, -0.1) is 0 Å². The Kier molecular flexibility index (Phi) is 2.82. The highest BCUT2D eigenvalue weighted by Crippen LogP contribution is 2.26. The highest BCUT2D eigenvalue weighted by Gasteiger charge is 2.18. The Labute approximate surface area is 100 Å². The molecule has 0 spiro atoms. The highest BCUT2D eigenvalue weighted by atomic mass is 16.5. The van der Waals surface area contributed by atoms with Gasteiger partial charge in [0.2, 0.25) is 0 Å². The van der Waals surface area contributed by atoms with E-state index in [0.717, 1.165) is 37.3 Å². The molecule has 2 N–H and O–H groups in total. The summed E-state index contributed by atoms with van der Waals surface area (Å²) in [6.07, 6.45) is 6.32. The zero-order chi connectivity index (χ0) is 11.7.